The number of hydrogen-bond acceptors (Lipinski definition) is 6. The van der Waals surface area contributed by atoms with Gasteiger partial charge in [0.2, 0.25) is 10.0 Å². The van der Waals surface area contributed by atoms with Crippen LogP contribution < -0.4 is 9.47 Å². The second-order valence-electron chi connectivity index (χ2n) is 5.33. The Morgan fingerprint density at radius 3 is 2.48 bits per heavy atom. The molecule has 0 unspecified atom stereocenters. The van der Waals surface area contributed by atoms with Crippen LogP contribution >= 0.6 is 0 Å². The van der Waals surface area contributed by atoms with Crippen molar-refractivity contribution in [2.45, 2.75) is 12.8 Å². The summed E-state index contributed by atoms with van der Waals surface area (Å²) in [6.45, 7) is 0.617. The largest absolute Gasteiger partial charge is 0.493 e. The van der Waals surface area contributed by atoms with Crippen molar-refractivity contribution in [1.82, 2.24) is 4.31 Å². The van der Waals surface area contributed by atoms with Crippen LogP contribution in [0.2, 0.25) is 0 Å². The lowest BCUT2D eigenvalue weighted by Crippen LogP contribution is -2.40. The summed E-state index contributed by atoms with van der Waals surface area (Å²) >= 11 is 0. The number of ether oxygens (including phenoxy) is 2. The van der Waals surface area contributed by atoms with Crippen molar-refractivity contribution in [3.05, 3.63) is 23.8 Å². The second kappa shape index (κ2) is 6.98. The predicted molar refractivity (Wildman–Crippen MR) is 82.5 cm³/mol. The molecule has 8 heteroatoms. The Kier molecular flexibility index (Phi) is 5.23. The molecule has 1 aromatic carbocycles. The lowest BCUT2D eigenvalue weighted by atomic mass is 9.98. The van der Waals surface area contributed by atoms with Gasteiger partial charge in [-0.1, -0.05) is 0 Å². The number of carbonyl (C=O) groups excluding carboxylic acids is 1. The first-order valence-electron chi connectivity index (χ1n) is 7.10. The summed E-state index contributed by atoms with van der Waals surface area (Å²) in [5, 5.41) is 8.86. The summed E-state index contributed by atoms with van der Waals surface area (Å²) in [5.74, 6) is -0.206. The Bertz CT molecular complexity index is 731. The third-order valence-electron chi connectivity index (χ3n) is 3.76. The average Bonchev–Trinajstić information content (AvgIpc) is 2.54. The van der Waals surface area contributed by atoms with E-state index in [9.17, 15) is 13.2 Å². The van der Waals surface area contributed by atoms with E-state index in [-0.39, 0.29) is 11.7 Å². The number of methoxy groups -OCH3 is 1. The first kappa shape index (κ1) is 17.2. The van der Waals surface area contributed by atoms with E-state index < -0.39 is 16.0 Å². The maximum atomic E-state index is 12.2. The van der Waals surface area contributed by atoms with Crippen molar-refractivity contribution < 1.29 is 22.7 Å². The summed E-state index contributed by atoms with van der Waals surface area (Å²) in [5.41, 5.74) is 0.406. The normalized spacial score (nSPS) is 16.6. The molecule has 0 saturated carbocycles. The fraction of sp³-hybridized carbons (Fsp3) is 0.467. The van der Waals surface area contributed by atoms with Gasteiger partial charge in [0, 0.05) is 19.2 Å². The van der Waals surface area contributed by atoms with E-state index in [1.54, 1.807) is 0 Å². The molecule has 0 spiro atoms. The molecule has 1 saturated heterocycles. The molecule has 1 fully saturated rings. The molecule has 2 rings (SSSR count). The number of piperidine rings is 1. The smallest absolute Gasteiger partial charge is 0.314 e. The molecule has 1 aliphatic rings. The number of rotatable bonds is 4. The third kappa shape index (κ3) is 4.21. The highest BCUT2D eigenvalue weighted by Gasteiger charge is 2.30. The van der Waals surface area contributed by atoms with Gasteiger partial charge < -0.3 is 9.47 Å². The molecule has 0 aromatic heterocycles. The molecular formula is C15H18N2O5S. The summed E-state index contributed by atoms with van der Waals surface area (Å²) in [4.78, 5) is 12.2. The standard InChI is InChI=1S/C15H18N2O5S/c1-21-14-9-11(10-16)3-4-13(14)22-15(18)12-5-7-17(8-6-12)23(2,19)20/h3-4,9,12H,5-8H2,1-2H3. The lowest BCUT2D eigenvalue weighted by molar-refractivity contribution is -0.140. The summed E-state index contributed by atoms with van der Waals surface area (Å²) < 4.78 is 34.8. The zero-order valence-electron chi connectivity index (χ0n) is 13.0. The molecule has 124 valence electrons. The van der Waals surface area contributed by atoms with Gasteiger partial charge >= 0.3 is 5.97 Å². The minimum Gasteiger partial charge on any atom is -0.493 e. The molecular weight excluding hydrogens is 320 g/mol. The van der Waals surface area contributed by atoms with Crippen LogP contribution in [0.4, 0.5) is 0 Å². The van der Waals surface area contributed by atoms with E-state index in [4.69, 9.17) is 14.7 Å². The SMILES string of the molecule is COc1cc(C#N)ccc1OC(=O)C1CCN(S(C)(=O)=O)CC1. The van der Waals surface area contributed by atoms with Crippen molar-refractivity contribution >= 4 is 16.0 Å². The third-order valence-corrected chi connectivity index (χ3v) is 5.06. The highest BCUT2D eigenvalue weighted by Crippen LogP contribution is 2.30. The van der Waals surface area contributed by atoms with Gasteiger partial charge in [0.25, 0.3) is 0 Å². The van der Waals surface area contributed by atoms with Gasteiger partial charge in [-0.25, -0.2) is 12.7 Å². The molecule has 0 aliphatic carbocycles. The fourth-order valence-electron chi connectivity index (χ4n) is 2.44. The van der Waals surface area contributed by atoms with Gasteiger partial charge in [0.15, 0.2) is 11.5 Å². The van der Waals surface area contributed by atoms with E-state index >= 15 is 0 Å². The number of benzene rings is 1. The van der Waals surface area contributed by atoms with Gasteiger partial charge in [-0.05, 0) is 25.0 Å². The Hall–Kier alpha value is -2.11. The first-order chi connectivity index (χ1) is 10.8. The maximum Gasteiger partial charge on any atom is 0.314 e. The van der Waals surface area contributed by atoms with Crippen LogP contribution in [-0.4, -0.2) is 45.1 Å². The van der Waals surface area contributed by atoms with E-state index in [0.717, 1.165) is 6.26 Å². The van der Waals surface area contributed by atoms with E-state index in [2.05, 4.69) is 0 Å². The minimum atomic E-state index is -3.22. The Balaban J connectivity index is 2.02. The van der Waals surface area contributed by atoms with Crippen molar-refractivity contribution in [2.75, 3.05) is 26.5 Å². The minimum absolute atomic E-state index is 0.252. The monoisotopic (exact) mass is 338 g/mol. The molecule has 1 aromatic rings. The lowest BCUT2D eigenvalue weighted by Gasteiger charge is -2.28. The quantitative estimate of drug-likeness (QED) is 0.603. The Labute approximate surface area is 135 Å². The number of esters is 1. The van der Waals surface area contributed by atoms with Gasteiger partial charge in [0.05, 0.1) is 30.9 Å². The second-order valence-corrected chi connectivity index (χ2v) is 7.32. The fourth-order valence-corrected chi connectivity index (χ4v) is 3.31. The van der Waals surface area contributed by atoms with E-state index in [0.29, 0.717) is 37.2 Å². The number of hydrogen-bond donors (Lipinski definition) is 0. The van der Waals surface area contributed by atoms with Gasteiger partial charge in [-0.15, -0.1) is 0 Å². The molecule has 0 amide bonds. The van der Waals surface area contributed by atoms with Crippen molar-refractivity contribution in [3.63, 3.8) is 0 Å². The van der Waals surface area contributed by atoms with Gasteiger partial charge in [0.1, 0.15) is 0 Å². The summed E-state index contributed by atoms with van der Waals surface area (Å²) in [6.07, 6.45) is 2.00. The van der Waals surface area contributed by atoms with Crippen LogP contribution in [0, 0.1) is 17.2 Å². The van der Waals surface area contributed by atoms with E-state index in [1.165, 1.54) is 29.6 Å². The number of nitrogens with zero attached hydrogens (tertiary/aromatic N) is 2. The summed E-state index contributed by atoms with van der Waals surface area (Å²) in [7, 11) is -1.79. The number of carbonyl (C=O) groups is 1. The Morgan fingerprint density at radius 1 is 1.30 bits per heavy atom. The topological polar surface area (TPSA) is 96.7 Å². The zero-order valence-corrected chi connectivity index (χ0v) is 13.8. The molecule has 0 bridgehead atoms. The Morgan fingerprint density at radius 2 is 1.96 bits per heavy atom. The zero-order chi connectivity index (χ0) is 17.0. The molecule has 0 N–H and O–H groups in total. The van der Waals surface area contributed by atoms with E-state index in [1.807, 2.05) is 6.07 Å². The summed E-state index contributed by atoms with van der Waals surface area (Å²) in [6, 6.07) is 6.53. The number of nitriles is 1. The van der Waals surface area contributed by atoms with Crippen LogP contribution in [0.3, 0.4) is 0 Å². The molecule has 0 atom stereocenters. The van der Waals surface area contributed by atoms with Crippen molar-refractivity contribution in [3.8, 4) is 17.6 Å². The van der Waals surface area contributed by atoms with Crippen LogP contribution in [0.1, 0.15) is 18.4 Å². The molecule has 23 heavy (non-hydrogen) atoms. The first-order valence-corrected chi connectivity index (χ1v) is 8.95. The van der Waals surface area contributed by atoms with Gasteiger partial charge in [-0.3, -0.25) is 4.79 Å². The molecule has 1 heterocycles. The van der Waals surface area contributed by atoms with Crippen molar-refractivity contribution in [1.29, 1.82) is 5.26 Å². The molecule has 1 aliphatic heterocycles. The highest BCUT2D eigenvalue weighted by molar-refractivity contribution is 7.88. The average molecular weight is 338 g/mol. The van der Waals surface area contributed by atoms with Crippen LogP contribution in [-0.2, 0) is 14.8 Å². The number of sulfonamides is 1. The van der Waals surface area contributed by atoms with Crippen LogP contribution in [0.15, 0.2) is 18.2 Å². The van der Waals surface area contributed by atoms with Crippen LogP contribution in [0.5, 0.6) is 11.5 Å². The predicted octanol–water partition coefficient (Wildman–Crippen LogP) is 1.14. The maximum absolute atomic E-state index is 12.2. The molecule has 7 nitrogen and oxygen atoms in total. The van der Waals surface area contributed by atoms with Crippen molar-refractivity contribution in [2.24, 2.45) is 5.92 Å². The molecule has 0 radical (unpaired) electrons. The highest BCUT2D eigenvalue weighted by atomic mass is 32.2. The van der Waals surface area contributed by atoms with Crippen LogP contribution in [0.25, 0.3) is 0 Å². The van der Waals surface area contributed by atoms with Gasteiger partial charge in [-0.2, -0.15) is 5.26 Å².